The van der Waals surface area contributed by atoms with E-state index in [4.69, 9.17) is 0 Å². The van der Waals surface area contributed by atoms with E-state index in [0.717, 1.165) is 11.3 Å². The average molecular weight is 203 g/mol. The van der Waals surface area contributed by atoms with Crippen LogP contribution in [0.15, 0.2) is 39.4 Å². The lowest BCUT2D eigenvalue weighted by Gasteiger charge is -2.27. The molecule has 0 heterocycles. The largest absolute Gasteiger partial charge is 0.288 e. The predicted octanol–water partition coefficient (Wildman–Crippen LogP) is 3.94. The molecule has 0 aliphatic heterocycles. The van der Waals surface area contributed by atoms with Crippen LogP contribution >= 0.6 is 0 Å². The molecule has 1 heteroatoms. The summed E-state index contributed by atoms with van der Waals surface area (Å²) in [5, 5.41) is 0. The zero-order valence-corrected chi connectivity index (χ0v) is 10.7. The fourth-order valence-electron chi connectivity index (χ4n) is 2.19. The Hall–Kier alpha value is -1.11. The second kappa shape index (κ2) is 4.18. The maximum atomic E-state index is 4.39. The molecule has 1 aliphatic carbocycles. The summed E-state index contributed by atoms with van der Waals surface area (Å²) >= 11 is 0. The number of aliphatic imine (C=N–C) groups is 1. The van der Waals surface area contributed by atoms with Crippen LogP contribution in [0.5, 0.6) is 0 Å². The first kappa shape index (κ1) is 12.0. The third-order valence-electron chi connectivity index (χ3n) is 3.32. The zero-order chi connectivity index (χ0) is 11.7. The summed E-state index contributed by atoms with van der Waals surface area (Å²) in [6.45, 7) is 15.1. The standard InChI is InChI=1S/C14H21N/c1-8(2)13-11(5)9(3)10(4)12(6)14(13)15-7/h8H,6H2,1-5,7H3. The van der Waals surface area contributed by atoms with Gasteiger partial charge in [-0.3, -0.25) is 4.99 Å². The van der Waals surface area contributed by atoms with Gasteiger partial charge in [0.1, 0.15) is 0 Å². The van der Waals surface area contributed by atoms with Gasteiger partial charge >= 0.3 is 0 Å². The zero-order valence-electron chi connectivity index (χ0n) is 10.7. The fourth-order valence-corrected chi connectivity index (χ4v) is 2.19. The van der Waals surface area contributed by atoms with Gasteiger partial charge in [-0.1, -0.05) is 20.4 Å². The van der Waals surface area contributed by atoms with Gasteiger partial charge in [-0.25, -0.2) is 0 Å². The minimum Gasteiger partial charge on any atom is -0.288 e. The minimum atomic E-state index is 0.503. The van der Waals surface area contributed by atoms with E-state index in [1.165, 1.54) is 22.3 Å². The highest BCUT2D eigenvalue weighted by Crippen LogP contribution is 2.34. The van der Waals surface area contributed by atoms with E-state index < -0.39 is 0 Å². The summed E-state index contributed by atoms with van der Waals surface area (Å²) in [7, 11) is 1.85. The molecule has 1 rings (SSSR count). The Labute approximate surface area is 93.3 Å². The van der Waals surface area contributed by atoms with E-state index in [9.17, 15) is 0 Å². The van der Waals surface area contributed by atoms with Crippen molar-refractivity contribution >= 4 is 5.71 Å². The molecule has 0 amide bonds. The highest BCUT2D eigenvalue weighted by atomic mass is 14.7. The van der Waals surface area contributed by atoms with E-state index in [-0.39, 0.29) is 0 Å². The second-order valence-electron chi connectivity index (χ2n) is 4.49. The van der Waals surface area contributed by atoms with Crippen molar-refractivity contribution in [2.45, 2.75) is 34.6 Å². The van der Waals surface area contributed by atoms with Gasteiger partial charge in [0.25, 0.3) is 0 Å². The first-order chi connectivity index (χ1) is 6.91. The molecule has 1 nitrogen and oxygen atoms in total. The third-order valence-corrected chi connectivity index (χ3v) is 3.32. The van der Waals surface area contributed by atoms with Crippen molar-refractivity contribution in [2.75, 3.05) is 7.05 Å². The molecule has 0 aromatic heterocycles. The van der Waals surface area contributed by atoms with E-state index in [1.807, 2.05) is 7.05 Å². The maximum Gasteiger partial charge on any atom is 0.0677 e. The fraction of sp³-hybridized carbons (Fsp3) is 0.500. The lowest BCUT2D eigenvalue weighted by atomic mass is 9.79. The topological polar surface area (TPSA) is 12.4 Å². The minimum absolute atomic E-state index is 0.503. The number of nitrogens with zero attached hydrogens (tertiary/aromatic N) is 1. The summed E-state index contributed by atoms with van der Waals surface area (Å²) in [6, 6.07) is 0. The van der Waals surface area contributed by atoms with Crippen molar-refractivity contribution in [3.63, 3.8) is 0 Å². The Morgan fingerprint density at radius 1 is 1.00 bits per heavy atom. The molecule has 0 aromatic rings. The summed E-state index contributed by atoms with van der Waals surface area (Å²) < 4.78 is 0. The Kier molecular flexibility index (Phi) is 3.33. The van der Waals surface area contributed by atoms with Crippen LogP contribution in [0.4, 0.5) is 0 Å². The van der Waals surface area contributed by atoms with Crippen LogP contribution in [0.1, 0.15) is 34.6 Å². The molecule has 0 N–H and O–H groups in total. The van der Waals surface area contributed by atoms with Gasteiger partial charge in [-0.2, -0.15) is 0 Å². The Morgan fingerprint density at radius 2 is 1.53 bits per heavy atom. The van der Waals surface area contributed by atoms with Crippen LogP contribution < -0.4 is 0 Å². The molecular weight excluding hydrogens is 182 g/mol. The SMILES string of the molecule is C=C1C(=NC)C(C(C)C)=C(C)C(C)=C1C. The normalized spacial score (nSPS) is 21.0. The molecule has 0 fully saturated rings. The average Bonchev–Trinajstić information content (AvgIpc) is 2.19. The van der Waals surface area contributed by atoms with Crippen molar-refractivity contribution in [3.05, 3.63) is 34.4 Å². The molecule has 0 spiro atoms. The molecule has 0 saturated carbocycles. The van der Waals surface area contributed by atoms with Crippen molar-refractivity contribution in [2.24, 2.45) is 10.9 Å². The van der Waals surface area contributed by atoms with Crippen LogP contribution in [0.2, 0.25) is 0 Å². The summed E-state index contributed by atoms with van der Waals surface area (Å²) in [5.74, 6) is 0.503. The summed E-state index contributed by atoms with van der Waals surface area (Å²) in [4.78, 5) is 4.39. The molecule has 0 saturated heterocycles. The van der Waals surface area contributed by atoms with Crippen LogP contribution in [-0.4, -0.2) is 12.8 Å². The van der Waals surface area contributed by atoms with E-state index in [2.05, 4.69) is 46.2 Å². The van der Waals surface area contributed by atoms with Crippen LogP contribution in [0.3, 0.4) is 0 Å². The van der Waals surface area contributed by atoms with Gasteiger partial charge in [0.2, 0.25) is 0 Å². The molecule has 1 aliphatic rings. The van der Waals surface area contributed by atoms with Crippen LogP contribution in [-0.2, 0) is 0 Å². The van der Waals surface area contributed by atoms with Gasteiger partial charge in [-0.15, -0.1) is 0 Å². The summed E-state index contributed by atoms with van der Waals surface area (Å²) in [6.07, 6.45) is 0. The molecule has 15 heavy (non-hydrogen) atoms. The Morgan fingerprint density at radius 3 is 1.93 bits per heavy atom. The number of allylic oxidation sites excluding steroid dienone is 5. The molecule has 0 atom stereocenters. The Bertz CT molecular complexity index is 390. The molecule has 0 bridgehead atoms. The maximum absolute atomic E-state index is 4.39. The Balaban J connectivity index is 3.48. The van der Waals surface area contributed by atoms with E-state index in [1.54, 1.807) is 0 Å². The van der Waals surface area contributed by atoms with Crippen molar-refractivity contribution in [1.29, 1.82) is 0 Å². The van der Waals surface area contributed by atoms with Crippen molar-refractivity contribution in [3.8, 4) is 0 Å². The summed E-state index contributed by atoms with van der Waals surface area (Å²) in [5.41, 5.74) is 7.53. The predicted molar refractivity (Wildman–Crippen MR) is 68.4 cm³/mol. The number of rotatable bonds is 1. The lowest BCUT2D eigenvalue weighted by Crippen LogP contribution is -2.19. The van der Waals surface area contributed by atoms with Crippen LogP contribution in [0, 0.1) is 5.92 Å². The second-order valence-corrected chi connectivity index (χ2v) is 4.49. The van der Waals surface area contributed by atoms with Crippen LogP contribution in [0.25, 0.3) is 0 Å². The highest BCUT2D eigenvalue weighted by Gasteiger charge is 2.23. The van der Waals surface area contributed by atoms with Gasteiger partial charge in [0.15, 0.2) is 0 Å². The first-order valence-corrected chi connectivity index (χ1v) is 5.47. The van der Waals surface area contributed by atoms with Gasteiger partial charge in [-0.05, 0) is 54.6 Å². The molecule has 0 unspecified atom stereocenters. The number of hydrogen-bond acceptors (Lipinski definition) is 1. The van der Waals surface area contributed by atoms with Gasteiger partial charge < -0.3 is 0 Å². The van der Waals surface area contributed by atoms with E-state index in [0.29, 0.717) is 5.92 Å². The molecule has 0 radical (unpaired) electrons. The molecule has 0 aromatic carbocycles. The van der Waals surface area contributed by atoms with Gasteiger partial charge in [0, 0.05) is 7.05 Å². The third kappa shape index (κ3) is 1.83. The lowest BCUT2D eigenvalue weighted by molar-refractivity contribution is 0.789. The smallest absolute Gasteiger partial charge is 0.0677 e. The first-order valence-electron chi connectivity index (χ1n) is 5.47. The van der Waals surface area contributed by atoms with Gasteiger partial charge in [0.05, 0.1) is 5.71 Å². The monoisotopic (exact) mass is 203 g/mol. The number of hydrogen-bond donors (Lipinski definition) is 0. The quantitative estimate of drug-likeness (QED) is 0.612. The highest BCUT2D eigenvalue weighted by molar-refractivity contribution is 6.17. The van der Waals surface area contributed by atoms with Crippen molar-refractivity contribution < 1.29 is 0 Å². The van der Waals surface area contributed by atoms with E-state index >= 15 is 0 Å². The molecule has 82 valence electrons. The van der Waals surface area contributed by atoms with Crippen molar-refractivity contribution in [1.82, 2.24) is 0 Å². The molecular formula is C14H21N.